The highest BCUT2D eigenvalue weighted by Gasteiger charge is 2.07. The van der Waals surface area contributed by atoms with E-state index in [0.29, 0.717) is 15.9 Å². The van der Waals surface area contributed by atoms with Gasteiger partial charge in [0.2, 0.25) is 0 Å². The maximum absolute atomic E-state index is 5.96. The largest absolute Gasteiger partial charge is 0.372 e. The molecule has 0 saturated heterocycles. The molecule has 2 aromatic rings. The van der Waals surface area contributed by atoms with Crippen molar-refractivity contribution < 1.29 is 0 Å². The lowest BCUT2D eigenvalue weighted by Crippen LogP contribution is -1.99. The number of halogens is 3. The van der Waals surface area contributed by atoms with Crippen molar-refractivity contribution in [3.63, 3.8) is 0 Å². The third-order valence-corrected chi connectivity index (χ3v) is 3.69. The maximum atomic E-state index is 5.96. The molecule has 0 saturated carbocycles. The van der Waals surface area contributed by atoms with Crippen LogP contribution in [-0.4, -0.2) is 17.0 Å². The molecule has 1 N–H and O–H groups in total. The number of nitrogens with zero attached hydrogens (tertiary/aromatic N) is 2. The Morgan fingerprint density at radius 3 is 2.65 bits per heavy atom. The fourth-order valence-electron chi connectivity index (χ4n) is 1.32. The molecule has 1 aromatic heterocycles. The van der Waals surface area contributed by atoms with E-state index in [0.717, 1.165) is 15.0 Å². The number of benzene rings is 1. The van der Waals surface area contributed by atoms with E-state index >= 15 is 0 Å². The summed E-state index contributed by atoms with van der Waals surface area (Å²) in [4.78, 5) is 8.67. The van der Waals surface area contributed by atoms with E-state index in [1.807, 2.05) is 13.1 Å². The third kappa shape index (κ3) is 2.81. The lowest BCUT2D eigenvalue weighted by Gasteiger charge is -2.06. The first-order valence-electron chi connectivity index (χ1n) is 4.77. The minimum absolute atomic E-state index is 0.498. The predicted molar refractivity (Wildman–Crippen MR) is 79.8 cm³/mol. The van der Waals surface area contributed by atoms with E-state index in [4.69, 9.17) is 23.2 Å². The molecule has 17 heavy (non-hydrogen) atoms. The Morgan fingerprint density at radius 1 is 1.24 bits per heavy atom. The van der Waals surface area contributed by atoms with E-state index in [1.165, 1.54) is 0 Å². The minimum Gasteiger partial charge on any atom is -0.372 e. The molecule has 88 valence electrons. The van der Waals surface area contributed by atoms with Crippen molar-refractivity contribution >= 4 is 51.6 Å². The van der Waals surface area contributed by atoms with E-state index in [9.17, 15) is 0 Å². The van der Waals surface area contributed by atoms with Crippen LogP contribution in [-0.2, 0) is 0 Å². The van der Waals surface area contributed by atoms with Crippen molar-refractivity contribution in [3.8, 4) is 11.4 Å². The van der Waals surface area contributed by atoms with Crippen molar-refractivity contribution in [1.82, 2.24) is 9.97 Å². The Kier molecular flexibility index (Phi) is 4.06. The molecule has 1 heterocycles. The summed E-state index contributed by atoms with van der Waals surface area (Å²) in [7, 11) is 1.82. The SMILES string of the molecule is CNc1nc(-c2ccc(Cl)c(Cl)c2)ncc1I. The molecule has 0 radical (unpaired) electrons. The van der Waals surface area contributed by atoms with Gasteiger partial charge in [-0.2, -0.15) is 0 Å². The van der Waals surface area contributed by atoms with Gasteiger partial charge in [-0.1, -0.05) is 23.2 Å². The number of hydrogen-bond acceptors (Lipinski definition) is 3. The summed E-state index contributed by atoms with van der Waals surface area (Å²) in [6.07, 6.45) is 1.76. The van der Waals surface area contributed by atoms with E-state index in [2.05, 4.69) is 37.9 Å². The van der Waals surface area contributed by atoms with Crippen molar-refractivity contribution in [1.29, 1.82) is 0 Å². The predicted octanol–water partition coefficient (Wildman–Crippen LogP) is 4.10. The first-order chi connectivity index (χ1) is 8.11. The Labute approximate surface area is 123 Å². The van der Waals surface area contributed by atoms with Gasteiger partial charge in [0.15, 0.2) is 5.82 Å². The molecular formula is C11H8Cl2IN3. The smallest absolute Gasteiger partial charge is 0.161 e. The molecule has 0 bridgehead atoms. The van der Waals surface area contributed by atoms with Crippen LogP contribution in [0.1, 0.15) is 0 Å². The number of hydrogen-bond donors (Lipinski definition) is 1. The second-order valence-electron chi connectivity index (χ2n) is 3.27. The van der Waals surface area contributed by atoms with Crippen molar-refractivity contribution in [2.45, 2.75) is 0 Å². The van der Waals surface area contributed by atoms with Crippen LogP contribution in [0.5, 0.6) is 0 Å². The Balaban J connectivity index is 2.49. The molecule has 0 amide bonds. The first-order valence-corrected chi connectivity index (χ1v) is 6.61. The number of rotatable bonds is 2. The minimum atomic E-state index is 0.498. The summed E-state index contributed by atoms with van der Waals surface area (Å²) in [5.41, 5.74) is 0.840. The lowest BCUT2D eigenvalue weighted by molar-refractivity contribution is 1.15. The van der Waals surface area contributed by atoms with Gasteiger partial charge >= 0.3 is 0 Å². The first kappa shape index (κ1) is 12.9. The van der Waals surface area contributed by atoms with Crippen LogP contribution in [0.2, 0.25) is 10.0 Å². The van der Waals surface area contributed by atoms with Crippen molar-refractivity contribution in [3.05, 3.63) is 38.0 Å². The molecule has 6 heteroatoms. The molecule has 3 nitrogen and oxygen atoms in total. The molecule has 0 spiro atoms. The molecule has 0 aliphatic heterocycles. The Hall–Kier alpha value is -0.590. The average molecular weight is 380 g/mol. The van der Waals surface area contributed by atoms with Crippen molar-refractivity contribution in [2.75, 3.05) is 12.4 Å². The van der Waals surface area contributed by atoms with Crippen LogP contribution in [0.15, 0.2) is 24.4 Å². The molecule has 0 atom stereocenters. The summed E-state index contributed by atoms with van der Waals surface area (Å²) in [5.74, 6) is 1.41. The van der Waals surface area contributed by atoms with Crippen LogP contribution in [0.25, 0.3) is 11.4 Å². The molecular weight excluding hydrogens is 372 g/mol. The van der Waals surface area contributed by atoms with Gasteiger partial charge in [-0.15, -0.1) is 0 Å². The molecule has 0 aliphatic carbocycles. The van der Waals surface area contributed by atoms with Gasteiger partial charge < -0.3 is 5.32 Å². The van der Waals surface area contributed by atoms with Gasteiger partial charge in [0, 0.05) is 18.8 Å². The van der Waals surface area contributed by atoms with Gasteiger partial charge in [0.1, 0.15) is 5.82 Å². The summed E-state index contributed by atoms with van der Waals surface area (Å²) in [6, 6.07) is 5.33. The normalized spacial score (nSPS) is 10.4. The lowest BCUT2D eigenvalue weighted by atomic mass is 10.2. The second kappa shape index (κ2) is 5.37. The maximum Gasteiger partial charge on any atom is 0.161 e. The molecule has 0 unspecified atom stereocenters. The number of anilines is 1. The third-order valence-electron chi connectivity index (χ3n) is 2.16. The van der Waals surface area contributed by atoms with Gasteiger partial charge in [-0.3, -0.25) is 0 Å². The monoisotopic (exact) mass is 379 g/mol. The summed E-state index contributed by atoms with van der Waals surface area (Å²) < 4.78 is 0.967. The highest BCUT2D eigenvalue weighted by Crippen LogP contribution is 2.27. The average Bonchev–Trinajstić information content (AvgIpc) is 2.33. The molecule has 1 aromatic carbocycles. The number of aromatic nitrogens is 2. The van der Waals surface area contributed by atoms with E-state index in [-0.39, 0.29) is 0 Å². The zero-order valence-corrected chi connectivity index (χ0v) is 12.5. The zero-order chi connectivity index (χ0) is 12.4. The summed E-state index contributed by atoms with van der Waals surface area (Å²) in [5, 5.41) is 4.03. The standard InChI is InChI=1S/C11H8Cl2IN3/c1-15-11-9(14)5-16-10(17-11)6-2-3-7(12)8(13)4-6/h2-5H,1H3,(H,15,16,17). The van der Waals surface area contributed by atoms with Crippen LogP contribution < -0.4 is 5.32 Å². The van der Waals surface area contributed by atoms with Gasteiger partial charge in [-0.25, -0.2) is 9.97 Å². The quantitative estimate of drug-likeness (QED) is 0.798. The van der Waals surface area contributed by atoms with Crippen LogP contribution in [0, 0.1) is 3.57 Å². The van der Waals surface area contributed by atoms with E-state index in [1.54, 1.807) is 18.3 Å². The van der Waals surface area contributed by atoms with Gasteiger partial charge in [0.25, 0.3) is 0 Å². The Morgan fingerprint density at radius 2 is 2.00 bits per heavy atom. The topological polar surface area (TPSA) is 37.8 Å². The molecule has 0 aliphatic rings. The molecule has 0 fully saturated rings. The van der Waals surface area contributed by atoms with Gasteiger partial charge in [-0.05, 0) is 40.8 Å². The van der Waals surface area contributed by atoms with Crippen molar-refractivity contribution in [2.24, 2.45) is 0 Å². The fraction of sp³-hybridized carbons (Fsp3) is 0.0909. The van der Waals surface area contributed by atoms with Crippen LogP contribution in [0.3, 0.4) is 0 Å². The summed E-state index contributed by atoms with van der Waals surface area (Å²) in [6.45, 7) is 0. The molecule has 2 rings (SSSR count). The van der Waals surface area contributed by atoms with Gasteiger partial charge in [0.05, 0.1) is 13.6 Å². The Bertz CT molecular complexity index is 560. The van der Waals surface area contributed by atoms with Crippen LogP contribution >= 0.6 is 45.8 Å². The second-order valence-corrected chi connectivity index (χ2v) is 5.25. The highest BCUT2D eigenvalue weighted by molar-refractivity contribution is 14.1. The van der Waals surface area contributed by atoms with E-state index < -0.39 is 0 Å². The summed E-state index contributed by atoms with van der Waals surface area (Å²) >= 11 is 14.0. The highest BCUT2D eigenvalue weighted by atomic mass is 127. The van der Waals surface area contributed by atoms with Crippen LogP contribution in [0.4, 0.5) is 5.82 Å². The number of nitrogens with one attached hydrogen (secondary N) is 1. The fourth-order valence-corrected chi connectivity index (χ4v) is 2.14. The zero-order valence-electron chi connectivity index (χ0n) is 8.84.